The third kappa shape index (κ3) is 5.22. The molecule has 1 fully saturated rings. The molecule has 1 aliphatic rings. The fourth-order valence-corrected chi connectivity index (χ4v) is 3.51. The van der Waals surface area contributed by atoms with Gasteiger partial charge < -0.3 is 10.6 Å². The molecule has 0 bridgehead atoms. The molecule has 0 aliphatic heterocycles. The van der Waals surface area contributed by atoms with Gasteiger partial charge in [0.05, 0.1) is 10.3 Å². The largest absolute Gasteiger partial charge is 0.326 e. The molecule has 1 heterocycles. The summed E-state index contributed by atoms with van der Waals surface area (Å²) in [6.45, 7) is 1.96. The molecule has 1 atom stereocenters. The number of hydrogen-bond donors (Lipinski definition) is 2. The van der Waals surface area contributed by atoms with E-state index >= 15 is 0 Å². The van der Waals surface area contributed by atoms with E-state index in [-0.39, 0.29) is 23.0 Å². The number of aromatic nitrogens is 1. The minimum Gasteiger partial charge on any atom is -0.326 e. The Morgan fingerprint density at radius 3 is 2.73 bits per heavy atom. The number of amides is 2. The van der Waals surface area contributed by atoms with E-state index < -0.39 is 0 Å². The Kier molecular flexibility index (Phi) is 6.16. The zero-order valence-electron chi connectivity index (χ0n) is 14.4. The molecule has 3 rings (SSSR count). The minimum atomic E-state index is -0.262. The quantitative estimate of drug-likeness (QED) is 0.679. The van der Waals surface area contributed by atoms with Gasteiger partial charge in [-0.05, 0) is 49.6 Å². The normalized spacial score (nSPS) is 14.5. The second-order valence-corrected chi connectivity index (χ2v) is 7.87. The van der Waals surface area contributed by atoms with Gasteiger partial charge in [0, 0.05) is 22.7 Å². The molecular formula is C19H20ClN3O2S. The predicted molar refractivity (Wildman–Crippen MR) is 106 cm³/mol. The molecule has 0 saturated heterocycles. The van der Waals surface area contributed by atoms with Gasteiger partial charge in [-0.15, -0.1) is 11.8 Å². The monoisotopic (exact) mass is 389 g/mol. The summed E-state index contributed by atoms with van der Waals surface area (Å²) in [5, 5.41) is 6.01. The first-order valence-electron chi connectivity index (χ1n) is 8.55. The highest BCUT2D eigenvalue weighted by Gasteiger charge is 2.29. The van der Waals surface area contributed by atoms with Crippen LogP contribution in [0.5, 0.6) is 0 Å². The second kappa shape index (κ2) is 8.56. The van der Waals surface area contributed by atoms with Crippen molar-refractivity contribution >= 4 is 46.7 Å². The number of thioether (sulfide) groups is 1. The Morgan fingerprint density at radius 1 is 1.27 bits per heavy atom. The van der Waals surface area contributed by atoms with Crippen LogP contribution in [-0.4, -0.2) is 22.0 Å². The number of carbonyl (C=O) groups excluding carboxylic acids is 2. The molecule has 5 nitrogen and oxygen atoms in total. The van der Waals surface area contributed by atoms with Crippen molar-refractivity contribution in [2.24, 2.45) is 5.92 Å². The van der Waals surface area contributed by atoms with E-state index in [4.69, 9.17) is 11.6 Å². The molecule has 0 spiro atoms. The molecule has 2 amide bonds. The third-order valence-corrected chi connectivity index (χ3v) is 5.55. The van der Waals surface area contributed by atoms with Gasteiger partial charge in [0.1, 0.15) is 5.82 Å². The van der Waals surface area contributed by atoms with Crippen molar-refractivity contribution in [2.75, 3.05) is 10.6 Å². The highest BCUT2D eigenvalue weighted by molar-refractivity contribution is 8.00. The van der Waals surface area contributed by atoms with Crippen molar-refractivity contribution in [1.82, 2.24) is 4.98 Å². The number of hydrogen-bond acceptors (Lipinski definition) is 4. The van der Waals surface area contributed by atoms with Gasteiger partial charge in [0.15, 0.2) is 0 Å². The van der Waals surface area contributed by atoms with Crippen molar-refractivity contribution in [2.45, 2.75) is 36.3 Å². The summed E-state index contributed by atoms with van der Waals surface area (Å²) in [6.07, 6.45) is 4.11. The fourth-order valence-electron chi connectivity index (χ4n) is 2.38. The van der Waals surface area contributed by atoms with Gasteiger partial charge in [0.25, 0.3) is 0 Å². The summed E-state index contributed by atoms with van der Waals surface area (Å²) in [6, 6.07) is 10.9. The van der Waals surface area contributed by atoms with E-state index in [0.717, 1.165) is 23.4 Å². The van der Waals surface area contributed by atoms with Crippen molar-refractivity contribution in [3.05, 3.63) is 47.6 Å². The zero-order valence-corrected chi connectivity index (χ0v) is 15.9. The van der Waals surface area contributed by atoms with E-state index in [1.165, 1.54) is 18.0 Å². The van der Waals surface area contributed by atoms with E-state index in [0.29, 0.717) is 17.3 Å². The summed E-state index contributed by atoms with van der Waals surface area (Å²) in [4.78, 5) is 29.4. The molecule has 1 aliphatic carbocycles. The summed E-state index contributed by atoms with van der Waals surface area (Å²) in [5.41, 5.74) is 0.765. The van der Waals surface area contributed by atoms with Gasteiger partial charge in [-0.3, -0.25) is 9.59 Å². The lowest BCUT2D eigenvalue weighted by atomic mass is 10.3. The fraction of sp³-hybridized carbons (Fsp3) is 0.316. The topological polar surface area (TPSA) is 71.1 Å². The lowest BCUT2D eigenvalue weighted by Gasteiger charge is -2.15. The van der Waals surface area contributed by atoms with Gasteiger partial charge in [-0.25, -0.2) is 4.98 Å². The molecule has 1 aromatic carbocycles. The van der Waals surface area contributed by atoms with E-state index in [9.17, 15) is 9.59 Å². The molecule has 0 radical (unpaired) electrons. The highest BCUT2D eigenvalue weighted by Crippen LogP contribution is 2.32. The predicted octanol–water partition coefficient (Wildman–Crippen LogP) is 4.59. The molecule has 1 aromatic heterocycles. The number of pyridine rings is 1. The molecule has 136 valence electrons. The Balaban J connectivity index is 1.62. The Bertz CT molecular complexity index is 794. The molecule has 1 saturated carbocycles. The van der Waals surface area contributed by atoms with Crippen molar-refractivity contribution < 1.29 is 9.59 Å². The third-order valence-electron chi connectivity index (χ3n) is 3.97. The van der Waals surface area contributed by atoms with E-state index in [1.54, 1.807) is 12.1 Å². The van der Waals surface area contributed by atoms with Crippen LogP contribution in [0, 0.1) is 5.92 Å². The molecular weight excluding hydrogens is 370 g/mol. The van der Waals surface area contributed by atoms with Crippen LogP contribution in [0.3, 0.4) is 0 Å². The average molecular weight is 390 g/mol. The maximum atomic E-state index is 12.5. The molecule has 1 unspecified atom stereocenters. The number of anilines is 2. The van der Waals surface area contributed by atoms with E-state index in [1.807, 2.05) is 31.2 Å². The first kappa shape index (κ1) is 18.7. The van der Waals surface area contributed by atoms with Crippen LogP contribution >= 0.6 is 23.4 Å². The Labute approximate surface area is 161 Å². The van der Waals surface area contributed by atoms with Crippen molar-refractivity contribution in [3.63, 3.8) is 0 Å². The lowest BCUT2D eigenvalue weighted by Crippen LogP contribution is -2.25. The van der Waals surface area contributed by atoms with Gasteiger partial charge in [-0.1, -0.05) is 24.6 Å². The summed E-state index contributed by atoms with van der Waals surface area (Å²) >= 11 is 7.28. The SMILES string of the molecule is CCC(Sc1cccc(NC(=O)C2CC2)c1)C(=O)Nc1ccc(Cl)cn1. The average Bonchev–Trinajstić information content (AvgIpc) is 3.47. The summed E-state index contributed by atoms with van der Waals surface area (Å²) in [7, 11) is 0. The van der Waals surface area contributed by atoms with Crippen LogP contribution in [0.4, 0.5) is 11.5 Å². The number of nitrogens with one attached hydrogen (secondary N) is 2. The highest BCUT2D eigenvalue weighted by atomic mass is 35.5. The Hall–Kier alpha value is -2.05. The maximum absolute atomic E-state index is 12.5. The van der Waals surface area contributed by atoms with Crippen molar-refractivity contribution in [1.29, 1.82) is 0 Å². The standard InChI is InChI=1S/C19H20ClN3O2S/c1-2-16(19(25)23-17-9-8-13(20)11-21-17)26-15-5-3-4-14(10-15)22-18(24)12-6-7-12/h3-5,8-12,16H,2,6-7H2,1H3,(H,22,24)(H,21,23,25). The van der Waals surface area contributed by atoms with Crippen LogP contribution in [0.2, 0.25) is 5.02 Å². The number of nitrogens with zero attached hydrogens (tertiary/aromatic N) is 1. The molecule has 2 N–H and O–H groups in total. The Morgan fingerprint density at radius 2 is 2.08 bits per heavy atom. The maximum Gasteiger partial charge on any atom is 0.239 e. The van der Waals surface area contributed by atoms with Crippen LogP contribution in [0.15, 0.2) is 47.5 Å². The first-order chi connectivity index (χ1) is 12.5. The van der Waals surface area contributed by atoms with Gasteiger partial charge >= 0.3 is 0 Å². The minimum absolute atomic E-state index is 0.0748. The number of carbonyl (C=O) groups is 2. The molecule has 26 heavy (non-hydrogen) atoms. The lowest BCUT2D eigenvalue weighted by molar-refractivity contribution is -0.117. The van der Waals surface area contributed by atoms with Crippen LogP contribution < -0.4 is 10.6 Å². The zero-order chi connectivity index (χ0) is 18.5. The van der Waals surface area contributed by atoms with Crippen LogP contribution in [0.1, 0.15) is 26.2 Å². The smallest absolute Gasteiger partial charge is 0.239 e. The van der Waals surface area contributed by atoms with Crippen molar-refractivity contribution in [3.8, 4) is 0 Å². The number of halogens is 1. The van der Waals surface area contributed by atoms with Gasteiger partial charge in [-0.2, -0.15) is 0 Å². The molecule has 2 aromatic rings. The number of rotatable bonds is 7. The van der Waals surface area contributed by atoms with E-state index in [2.05, 4.69) is 15.6 Å². The van der Waals surface area contributed by atoms with Crippen LogP contribution in [0.25, 0.3) is 0 Å². The number of benzene rings is 1. The van der Waals surface area contributed by atoms with Crippen LogP contribution in [-0.2, 0) is 9.59 Å². The summed E-state index contributed by atoms with van der Waals surface area (Å²) in [5.74, 6) is 0.599. The first-order valence-corrected chi connectivity index (χ1v) is 9.81. The summed E-state index contributed by atoms with van der Waals surface area (Å²) < 4.78 is 0. The molecule has 7 heteroatoms. The second-order valence-electron chi connectivity index (χ2n) is 6.16. The van der Waals surface area contributed by atoms with Gasteiger partial charge in [0.2, 0.25) is 11.8 Å².